The number of nitrogens with zero attached hydrogens (tertiary/aromatic N) is 1. The van der Waals surface area contributed by atoms with Gasteiger partial charge in [-0.2, -0.15) is 0 Å². The molecule has 28 heavy (non-hydrogen) atoms. The van der Waals surface area contributed by atoms with Crippen molar-refractivity contribution in [2.45, 2.75) is 107 Å². The zero-order chi connectivity index (χ0) is 22.4. The number of rotatable bonds is 10. The SMILES string of the molecule is CC(C)(C)CC(C)(C)CC[C@@H](O)[C@@H](C=NC(=O)CC(C)(C)CC(C)(C)C)CO. The Labute approximate surface area is 174 Å². The lowest BCUT2D eigenvalue weighted by Gasteiger charge is -2.33. The number of hydrogen-bond donors (Lipinski definition) is 2. The van der Waals surface area contributed by atoms with Crippen molar-refractivity contribution in [2.75, 3.05) is 6.61 Å². The summed E-state index contributed by atoms with van der Waals surface area (Å²) in [6.07, 6.45) is 4.57. The zero-order valence-electron chi connectivity index (χ0n) is 20.2. The van der Waals surface area contributed by atoms with Gasteiger partial charge in [0, 0.05) is 18.6 Å². The number of carbonyl (C=O) groups excluding carboxylic acids is 1. The fourth-order valence-electron chi connectivity index (χ4n) is 4.68. The molecule has 0 unspecified atom stereocenters. The largest absolute Gasteiger partial charge is 0.396 e. The summed E-state index contributed by atoms with van der Waals surface area (Å²) in [6.45, 7) is 21.6. The second-order valence-corrected chi connectivity index (χ2v) is 12.6. The molecule has 0 aromatic rings. The van der Waals surface area contributed by atoms with Crippen molar-refractivity contribution in [3.63, 3.8) is 0 Å². The van der Waals surface area contributed by atoms with E-state index in [-0.39, 0.29) is 34.2 Å². The predicted molar refractivity (Wildman–Crippen MR) is 120 cm³/mol. The molecule has 0 aromatic heterocycles. The fraction of sp³-hybridized carbons (Fsp3) is 0.917. The number of aliphatic hydroxyl groups excluding tert-OH is 2. The molecule has 4 nitrogen and oxygen atoms in total. The number of aliphatic hydroxyl groups is 2. The van der Waals surface area contributed by atoms with Crippen LogP contribution in [0.25, 0.3) is 0 Å². The lowest BCUT2D eigenvalue weighted by molar-refractivity contribution is -0.120. The summed E-state index contributed by atoms with van der Waals surface area (Å²) in [5.74, 6) is -0.687. The molecule has 166 valence electrons. The van der Waals surface area contributed by atoms with Crippen LogP contribution in [0.4, 0.5) is 0 Å². The highest BCUT2D eigenvalue weighted by Gasteiger charge is 2.29. The molecule has 0 spiro atoms. The molecule has 0 saturated heterocycles. The quantitative estimate of drug-likeness (QED) is 0.468. The van der Waals surface area contributed by atoms with Crippen LogP contribution < -0.4 is 0 Å². The summed E-state index contributed by atoms with van der Waals surface area (Å²) in [4.78, 5) is 16.4. The standard InChI is InChI=1S/C24H47NO3/c1-21(2,3)16-23(7,8)12-11-19(27)18(15-26)14-25-20(28)13-24(9,10)17-22(4,5)6/h14,18-19,26-27H,11-13,15-17H2,1-10H3/t18-,19+/m0/s1. The third kappa shape index (κ3) is 13.4. The lowest BCUT2D eigenvalue weighted by Crippen LogP contribution is -2.29. The topological polar surface area (TPSA) is 69.9 Å². The van der Waals surface area contributed by atoms with Gasteiger partial charge in [0.1, 0.15) is 0 Å². The molecule has 0 aromatic carbocycles. The van der Waals surface area contributed by atoms with E-state index in [1.807, 2.05) is 0 Å². The molecule has 2 N–H and O–H groups in total. The highest BCUT2D eigenvalue weighted by Crippen LogP contribution is 2.37. The van der Waals surface area contributed by atoms with Crippen LogP contribution in [0.5, 0.6) is 0 Å². The molecule has 0 aliphatic heterocycles. The van der Waals surface area contributed by atoms with Gasteiger partial charge in [-0.3, -0.25) is 4.79 Å². The summed E-state index contributed by atoms with van der Waals surface area (Å²) in [6, 6.07) is 0. The zero-order valence-corrected chi connectivity index (χ0v) is 20.2. The predicted octanol–water partition coefficient (Wildman–Crippen LogP) is 5.65. The Balaban J connectivity index is 4.76. The average Bonchev–Trinajstić information content (AvgIpc) is 2.39. The van der Waals surface area contributed by atoms with Crippen molar-refractivity contribution in [3.05, 3.63) is 0 Å². The minimum absolute atomic E-state index is 0.114. The van der Waals surface area contributed by atoms with Crippen LogP contribution in [-0.2, 0) is 4.79 Å². The van der Waals surface area contributed by atoms with Crippen molar-refractivity contribution in [1.82, 2.24) is 0 Å². The first-order valence-electron chi connectivity index (χ1n) is 10.7. The molecule has 0 aliphatic carbocycles. The van der Waals surface area contributed by atoms with Gasteiger partial charge in [0.15, 0.2) is 0 Å². The summed E-state index contributed by atoms with van der Waals surface area (Å²) in [5, 5.41) is 20.2. The van der Waals surface area contributed by atoms with Crippen LogP contribution in [0, 0.1) is 27.6 Å². The molecule has 4 heteroatoms. The van der Waals surface area contributed by atoms with Crippen molar-refractivity contribution in [3.8, 4) is 0 Å². The summed E-state index contributed by atoms with van der Waals surface area (Å²) < 4.78 is 0. The molecular formula is C24H47NO3. The maximum atomic E-state index is 12.3. The van der Waals surface area contributed by atoms with E-state index in [9.17, 15) is 15.0 Å². The highest BCUT2D eigenvalue weighted by atomic mass is 16.3. The lowest BCUT2D eigenvalue weighted by atomic mass is 9.73. The maximum absolute atomic E-state index is 12.3. The summed E-state index contributed by atoms with van der Waals surface area (Å²) in [5.41, 5.74) is 0.371. The molecule has 1 amide bonds. The summed E-state index contributed by atoms with van der Waals surface area (Å²) >= 11 is 0. The van der Waals surface area contributed by atoms with Crippen molar-refractivity contribution in [1.29, 1.82) is 0 Å². The van der Waals surface area contributed by atoms with Gasteiger partial charge in [-0.25, -0.2) is 4.99 Å². The van der Waals surface area contributed by atoms with E-state index in [1.54, 1.807) is 0 Å². The van der Waals surface area contributed by atoms with Gasteiger partial charge in [-0.15, -0.1) is 0 Å². The Morgan fingerprint density at radius 3 is 1.79 bits per heavy atom. The van der Waals surface area contributed by atoms with Crippen LogP contribution in [0.15, 0.2) is 4.99 Å². The molecule has 0 radical (unpaired) electrons. The smallest absolute Gasteiger partial charge is 0.245 e. The number of amides is 1. The number of carbonyl (C=O) groups is 1. The van der Waals surface area contributed by atoms with Gasteiger partial charge >= 0.3 is 0 Å². The van der Waals surface area contributed by atoms with Gasteiger partial charge in [-0.1, -0.05) is 69.2 Å². The van der Waals surface area contributed by atoms with Crippen LogP contribution >= 0.6 is 0 Å². The molecule has 0 bridgehead atoms. The molecule has 0 rings (SSSR count). The molecule has 0 fully saturated rings. The van der Waals surface area contributed by atoms with Crippen molar-refractivity contribution in [2.24, 2.45) is 32.6 Å². The van der Waals surface area contributed by atoms with E-state index in [2.05, 4.69) is 74.2 Å². The van der Waals surface area contributed by atoms with E-state index in [0.29, 0.717) is 12.8 Å². The average molecular weight is 398 g/mol. The van der Waals surface area contributed by atoms with Crippen LogP contribution in [-0.4, -0.2) is 35.0 Å². The van der Waals surface area contributed by atoms with Crippen LogP contribution in [0.1, 0.15) is 101 Å². The van der Waals surface area contributed by atoms with Crippen LogP contribution in [0.3, 0.4) is 0 Å². The Morgan fingerprint density at radius 2 is 1.36 bits per heavy atom. The molecule has 0 aliphatic rings. The highest BCUT2D eigenvalue weighted by molar-refractivity contribution is 5.86. The normalized spacial score (nSPS) is 16.4. The van der Waals surface area contributed by atoms with Gasteiger partial charge in [0.05, 0.1) is 12.7 Å². The fourth-order valence-corrected chi connectivity index (χ4v) is 4.68. The third-order valence-corrected chi connectivity index (χ3v) is 4.88. The van der Waals surface area contributed by atoms with Crippen molar-refractivity contribution < 1.29 is 15.0 Å². The Hall–Kier alpha value is -0.740. The van der Waals surface area contributed by atoms with Gasteiger partial charge in [0.2, 0.25) is 5.91 Å². The van der Waals surface area contributed by atoms with Gasteiger partial charge in [-0.05, 0) is 47.3 Å². The number of hydrogen-bond acceptors (Lipinski definition) is 3. The molecule has 0 heterocycles. The monoisotopic (exact) mass is 397 g/mol. The summed E-state index contributed by atoms with van der Waals surface area (Å²) in [7, 11) is 0. The Bertz CT molecular complexity index is 507. The molecule has 2 atom stereocenters. The first-order valence-corrected chi connectivity index (χ1v) is 10.7. The Kier molecular flexibility index (Phi) is 10.1. The third-order valence-electron chi connectivity index (χ3n) is 4.88. The maximum Gasteiger partial charge on any atom is 0.245 e. The Morgan fingerprint density at radius 1 is 0.893 bits per heavy atom. The van der Waals surface area contributed by atoms with E-state index in [4.69, 9.17) is 0 Å². The molecular weight excluding hydrogens is 350 g/mol. The van der Waals surface area contributed by atoms with E-state index >= 15 is 0 Å². The molecule has 0 saturated carbocycles. The first kappa shape index (κ1) is 27.3. The van der Waals surface area contributed by atoms with Crippen molar-refractivity contribution >= 4 is 12.1 Å². The van der Waals surface area contributed by atoms with Gasteiger partial charge in [0.25, 0.3) is 0 Å². The minimum Gasteiger partial charge on any atom is -0.396 e. The number of aliphatic imine (C=N–C) groups is 1. The van der Waals surface area contributed by atoms with E-state index in [0.717, 1.165) is 19.3 Å². The van der Waals surface area contributed by atoms with Crippen LogP contribution in [0.2, 0.25) is 0 Å². The second kappa shape index (κ2) is 10.3. The first-order chi connectivity index (χ1) is 12.4. The van der Waals surface area contributed by atoms with E-state index < -0.39 is 12.0 Å². The minimum atomic E-state index is -0.691. The van der Waals surface area contributed by atoms with E-state index in [1.165, 1.54) is 6.21 Å². The van der Waals surface area contributed by atoms with Gasteiger partial charge < -0.3 is 10.2 Å². The second-order valence-electron chi connectivity index (χ2n) is 12.6.